The Morgan fingerprint density at radius 3 is 2.27 bits per heavy atom. The lowest BCUT2D eigenvalue weighted by Crippen LogP contribution is -2.02. The van der Waals surface area contributed by atoms with Gasteiger partial charge in [0.1, 0.15) is 0 Å². The molecule has 1 N–H and O–H groups in total. The molecule has 0 aromatic carbocycles. The normalized spacial score (nSPS) is 15.5. The molecule has 0 radical (unpaired) electrons. The van der Waals surface area contributed by atoms with Crippen LogP contribution >= 0.6 is 0 Å². The number of hydrogen-bond acceptors (Lipinski definition) is 1. The van der Waals surface area contributed by atoms with Gasteiger partial charge in [-0.1, -0.05) is 19.9 Å². The topological polar surface area (TPSA) is 23.9 Å². The fourth-order valence-electron chi connectivity index (χ4n) is 1.37. The van der Waals surface area contributed by atoms with Crippen LogP contribution in [-0.2, 0) is 0 Å². The fraction of sp³-hybridized carbons (Fsp3) is 0.700. The first-order valence-electron chi connectivity index (χ1n) is 4.30. The molecular formula is C10H19N. The van der Waals surface area contributed by atoms with Crippen molar-refractivity contribution in [1.82, 2.24) is 0 Å². The van der Waals surface area contributed by atoms with Gasteiger partial charge in [0.05, 0.1) is 0 Å². The Morgan fingerprint density at radius 2 is 1.82 bits per heavy atom. The van der Waals surface area contributed by atoms with E-state index in [-0.39, 0.29) is 0 Å². The van der Waals surface area contributed by atoms with Gasteiger partial charge in [0.2, 0.25) is 0 Å². The third-order valence-electron chi connectivity index (χ3n) is 1.89. The summed E-state index contributed by atoms with van der Waals surface area (Å²) in [5, 5.41) is 6.93. The zero-order chi connectivity index (χ0) is 8.69. The molecular weight excluding hydrogens is 134 g/mol. The Morgan fingerprint density at radius 1 is 1.27 bits per heavy atom. The summed E-state index contributed by atoms with van der Waals surface area (Å²) < 4.78 is 0. The van der Waals surface area contributed by atoms with E-state index in [1.165, 1.54) is 12.6 Å². The summed E-state index contributed by atoms with van der Waals surface area (Å²) in [6.45, 7) is 8.15. The van der Waals surface area contributed by atoms with Crippen molar-refractivity contribution in [2.75, 3.05) is 0 Å². The summed E-state index contributed by atoms with van der Waals surface area (Å²) in [6.07, 6.45) is 6.71. The van der Waals surface area contributed by atoms with Gasteiger partial charge >= 0.3 is 0 Å². The summed E-state index contributed by atoms with van der Waals surface area (Å²) >= 11 is 0. The molecule has 0 saturated carbocycles. The standard InChI is InChI=1S/C10H19N/c1-4-5-9(2)8-10(3)6-7-11/h4,7,9-11H,1,5-6,8H2,2-3H3. The van der Waals surface area contributed by atoms with Crippen molar-refractivity contribution in [3.05, 3.63) is 12.7 Å². The molecule has 0 fully saturated rings. The predicted molar refractivity (Wildman–Crippen MR) is 51.2 cm³/mol. The highest BCUT2D eigenvalue weighted by molar-refractivity contribution is 5.53. The van der Waals surface area contributed by atoms with Crippen LogP contribution in [0.2, 0.25) is 0 Å². The molecule has 11 heavy (non-hydrogen) atoms. The van der Waals surface area contributed by atoms with Crippen molar-refractivity contribution in [1.29, 1.82) is 5.41 Å². The van der Waals surface area contributed by atoms with Gasteiger partial charge < -0.3 is 5.41 Å². The van der Waals surface area contributed by atoms with Crippen molar-refractivity contribution < 1.29 is 0 Å². The second kappa shape index (κ2) is 6.14. The van der Waals surface area contributed by atoms with Gasteiger partial charge in [0, 0.05) is 0 Å². The Hall–Kier alpha value is -0.590. The lowest BCUT2D eigenvalue weighted by molar-refractivity contribution is 0.428. The molecule has 0 amide bonds. The van der Waals surface area contributed by atoms with Crippen LogP contribution in [0.5, 0.6) is 0 Å². The van der Waals surface area contributed by atoms with E-state index in [1.807, 2.05) is 6.08 Å². The largest absolute Gasteiger partial charge is 0.313 e. The summed E-state index contributed by atoms with van der Waals surface area (Å²) in [4.78, 5) is 0. The predicted octanol–water partition coefficient (Wildman–Crippen LogP) is 3.26. The second-order valence-corrected chi connectivity index (χ2v) is 3.41. The molecule has 0 aromatic heterocycles. The third kappa shape index (κ3) is 5.84. The molecule has 64 valence electrons. The van der Waals surface area contributed by atoms with Crippen LogP contribution in [-0.4, -0.2) is 6.21 Å². The van der Waals surface area contributed by atoms with E-state index in [2.05, 4.69) is 20.4 Å². The van der Waals surface area contributed by atoms with Crippen LogP contribution in [0.4, 0.5) is 0 Å². The minimum Gasteiger partial charge on any atom is -0.313 e. The first-order chi connectivity index (χ1) is 5.20. The number of rotatable bonds is 6. The Kier molecular flexibility index (Phi) is 5.81. The van der Waals surface area contributed by atoms with E-state index < -0.39 is 0 Å². The van der Waals surface area contributed by atoms with Crippen LogP contribution in [0.1, 0.15) is 33.1 Å². The minimum atomic E-state index is 0.655. The van der Waals surface area contributed by atoms with E-state index in [1.54, 1.807) is 0 Å². The first kappa shape index (κ1) is 10.4. The molecule has 1 nitrogen and oxygen atoms in total. The molecule has 0 bridgehead atoms. The number of allylic oxidation sites excluding steroid dienone is 1. The van der Waals surface area contributed by atoms with Crippen LogP contribution in [0.15, 0.2) is 12.7 Å². The van der Waals surface area contributed by atoms with Crippen LogP contribution < -0.4 is 0 Å². The zero-order valence-corrected chi connectivity index (χ0v) is 7.64. The van der Waals surface area contributed by atoms with Gasteiger partial charge in [-0.2, -0.15) is 0 Å². The number of nitrogens with one attached hydrogen (secondary N) is 1. The zero-order valence-electron chi connectivity index (χ0n) is 7.64. The van der Waals surface area contributed by atoms with Crippen molar-refractivity contribution >= 4 is 6.21 Å². The van der Waals surface area contributed by atoms with Crippen molar-refractivity contribution in [3.8, 4) is 0 Å². The van der Waals surface area contributed by atoms with Gasteiger partial charge in [0.15, 0.2) is 0 Å². The lowest BCUT2D eigenvalue weighted by Gasteiger charge is -2.13. The average molecular weight is 153 g/mol. The molecule has 0 aliphatic rings. The van der Waals surface area contributed by atoms with Gasteiger partial charge in [-0.25, -0.2) is 0 Å². The molecule has 1 heteroatoms. The van der Waals surface area contributed by atoms with E-state index >= 15 is 0 Å². The summed E-state index contributed by atoms with van der Waals surface area (Å²) in [5.41, 5.74) is 0. The van der Waals surface area contributed by atoms with Crippen LogP contribution in [0, 0.1) is 17.2 Å². The molecule has 0 rings (SSSR count). The quantitative estimate of drug-likeness (QED) is 0.447. The van der Waals surface area contributed by atoms with Crippen LogP contribution in [0.25, 0.3) is 0 Å². The number of hydrogen-bond donors (Lipinski definition) is 1. The fourth-order valence-corrected chi connectivity index (χ4v) is 1.37. The SMILES string of the molecule is C=CCC(C)CC(C)CC=N. The van der Waals surface area contributed by atoms with E-state index in [4.69, 9.17) is 5.41 Å². The second-order valence-electron chi connectivity index (χ2n) is 3.41. The molecule has 0 saturated heterocycles. The highest BCUT2D eigenvalue weighted by Gasteiger charge is 2.05. The molecule has 0 aliphatic carbocycles. The van der Waals surface area contributed by atoms with E-state index in [0.29, 0.717) is 5.92 Å². The summed E-state index contributed by atoms with van der Waals surface area (Å²) in [6, 6.07) is 0. The monoisotopic (exact) mass is 153 g/mol. The van der Waals surface area contributed by atoms with Gasteiger partial charge in [-0.05, 0) is 37.3 Å². The van der Waals surface area contributed by atoms with E-state index in [0.717, 1.165) is 18.8 Å². The third-order valence-corrected chi connectivity index (χ3v) is 1.89. The molecule has 0 aromatic rings. The average Bonchev–Trinajstić information content (AvgIpc) is 1.87. The first-order valence-corrected chi connectivity index (χ1v) is 4.30. The van der Waals surface area contributed by atoms with Crippen LogP contribution in [0.3, 0.4) is 0 Å². The highest BCUT2D eigenvalue weighted by atomic mass is 14.3. The molecule has 0 aliphatic heterocycles. The Balaban J connectivity index is 3.46. The molecule has 2 atom stereocenters. The van der Waals surface area contributed by atoms with Gasteiger partial charge in [0.25, 0.3) is 0 Å². The summed E-state index contributed by atoms with van der Waals surface area (Å²) in [7, 11) is 0. The maximum Gasteiger partial charge on any atom is -0.00451 e. The highest BCUT2D eigenvalue weighted by Crippen LogP contribution is 2.16. The van der Waals surface area contributed by atoms with Crippen molar-refractivity contribution in [2.24, 2.45) is 11.8 Å². The molecule has 2 unspecified atom stereocenters. The lowest BCUT2D eigenvalue weighted by atomic mass is 9.93. The minimum absolute atomic E-state index is 0.655. The molecule has 0 heterocycles. The Bertz CT molecular complexity index is 104. The van der Waals surface area contributed by atoms with E-state index in [9.17, 15) is 0 Å². The Labute approximate surface area is 70.0 Å². The van der Waals surface area contributed by atoms with Crippen molar-refractivity contribution in [3.63, 3.8) is 0 Å². The van der Waals surface area contributed by atoms with Gasteiger partial charge in [-0.15, -0.1) is 6.58 Å². The maximum absolute atomic E-state index is 6.93. The van der Waals surface area contributed by atoms with Crippen molar-refractivity contribution in [2.45, 2.75) is 33.1 Å². The van der Waals surface area contributed by atoms with Gasteiger partial charge in [-0.3, -0.25) is 0 Å². The smallest absolute Gasteiger partial charge is 0.00451 e. The summed E-state index contributed by atoms with van der Waals surface area (Å²) in [5.74, 6) is 1.38. The maximum atomic E-state index is 6.93. The molecule has 0 spiro atoms.